The van der Waals surface area contributed by atoms with Gasteiger partial charge in [0.25, 0.3) is 0 Å². The summed E-state index contributed by atoms with van der Waals surface area (Å²) in [6.45, 7) is 1.95. The number of alkyl halides is 3. The molecule has 0 saturated carbocycles. The largest absolute Gasteiger partial charge is 0.497 e. The van der Waals surface area contributed by atoms with Gasteiger partial charge in [0.05, 0.1) is 23.7 Å². The number of nitrogens with one attached hydrogen (secondary N) is 2. The highest BCUT2D eigenvalue weighted by atomic mass is 32.2. The number of thioether (sulfide) groups is 1. The average Bonchev–Trinajstić information content (AvgIpc) is 3.12. The maximum absolute atomic E-state index is 13.2. The van der Waals surface area contributed by atoms with Crippen LogP contribution in [-0.2, 0) is 11.0 Å². The molecule has 2 aromatic carbocycles. The van der Waals surface area contributed by atoms with E-state index >= 15 is 0 Å². The number of rotatable bonds is 4. The standard InChI is InChI=1S/C22H20F3N3O2S/c1-13-6-11-18-28(13)27-19(14-7-9-17(30-2)10-8-14)20(31-18)21(29)26-16-5-3-4-15(12-16)22(23,24)25/h3-12,19-20,27H,1-2H3,(H,26,29)/t19-,20-/m1/s1. The number of benzene rings is 2. The molecule has 1 aliphatic heterocycles. The van der Waals surface area contributed by atoms with Crippen LogP contribution in [0.15, 0.2) is 65.7 Å². The highest BCUT2D eigenvalue weighted by molar-refractivity contribution is 8.00. The van der Waals surface area contributed by atoms with Gasteiger partial charge in [-0.15, -0.1) is 0 Å². The highest BCUT2D eigenvalue weighted by Crippen LogP contribution is 2.39. The number of nitrogens with zero attached hydrogens (tertiary/aromatic N) is 1. The number of fused-ring (bicyclic) bond motifs is 1. The molecule has 31 heavy (non-hydrogen) atoms. The van der Waals surface area contributed by atoms with E-state index in [0.29, 0.717) is 5.75 Å². The zero-order valence-electron chi connectivity index (χ0n) is 16.7. The molecule has 2 heterocycles. The van der Waals surface area contributed by atoms with Crippen LogP contribution in [0.5, 0.6) is 5.75 Å². The van der Waals surface area contributed by atoms with E-state index < -0.39 is 23.0 Å². The van der Waals surface area contributed by atoms with Crippen molar-refractivity contribution in [2.75, 3.05) is 17.9 Å². The molecule has 0 saturated heterocycles. The number of carbonyl (C=O) groups excluding carboxylic acids is 1. The smallest absolute Gasteiger partial charge is 0.416 e. The van der Waals surface area contributed by atoms with Crippen LogP contribution in [0, 0.1) is 6.92 Å². The van der Waals surface area contributed by atoms with Gasteiger partial charge in [-0.3, -0.25) is 9.47 Å². The zero-order chi connectivity index (χ0) is 22.2. The monoisotopic (exact) mass is 447 g/mol. The Morgan fingerprint density at radius 1 is 1.13 bits per heavy atom. The molecule has 5 nitrogen and oxygen atoms in total. The molecule has 1 aliphatic rings. The topological polar surface area (TPSA) is 55.3 Å². The molecule has 9 heteroatoms. The Labute approximate surface area is 181 Å². The van der Waals surface area contributed by atoms with Gasteiger partial charge in [-0.25, -0.2) is 0 Å². The normalized spacial score (nSPS) is 18.1. The first-order chi connectivity index (χ1) is 14.8. The van der Waals surface area contributed by atoms with E-state index in [4.69, 9.17) is 4.74 Å². The van der Waals surface area contributed by atoms with Gasteiger partial charge in [0.1, 0.15) is 11.0 Å². The molecule has 0 spiro atoms. The van der Waals surface area contributed by atoms with Crippen molar-refractivity contribution >= 4 is 23.4 Å². The minimum atomic E-state index is -4.48. The fraction of sp³-hybridized carbons (Fsp3) is 0.227. The molecular weight excluding hydrogens is 427 g/mol. The Bertz CT molecular complexity index is 1100. The Hall–Kier alpha value is -3.07. The van der Waals surface area contributed by atoms with Crippen molar-refractivity contribution in [2.45, 2.75) is 29.4 Å². The summed E-state index contributed by atoms with van der Waals surface area (Å²) < 4.78 is 46.2. The average molecular weight is 447 g/mol. The van der Waals surface area contributed by atoms with Crippen molar-refractivity contribution in [2.24, 2.45) is 0 Å². The number of amides is 1. The van der Waals surface area contributed by atoms with Crippen LogP contribution >= 0.6 is 11.8 Å². The first kappa shape index (κ1) is 21.2. The maximum atomic E-state index is 13.2. The molecular formula is C22H20F3N3O2S. The van der Waals surface area contributed by atoms with Gasteiger partial charge in [-0.2, -0.15) is 13.2 Å². The number of anilines is 1. The van der Waals surface area contributed by atoms with Gasteiger partial charge in [-0.05, 0) is 55.0 Å². The number of methoxy groups -OCH3 is 1. The summed E-state index contributed by atoms with van der Waals surface area (Å²) in [6, 6.07) is 15.4. The second-order valence-corrected chi connectivity index (χ2v) is 8.30. The fourth-order valence-corrected chi connectivity index (χ4v) is 4.66. The lowest BCUT2D eigenvalue weighted by molar-refractivity contribution is -0.137. The van der Waals surface area contributed by atoms with E-state index in [9.17, 15) is 18.0 Å². The third-order valence-electron chi connectivity index (χ3n) is 5.05. The summed E-state index contributed by atoms with van der Waals surface area (Å²) in [6.07, 6.45) is -4.48. The Kier molecular flexibility index (Phi) is 5.62. The van der Waals surface area contributed by atoms with Crippen LogP contribution in [0.4, 0.5) is 18.9 Å². The molecule has 1 amide bonds. The molecule has 2 atom stereocenters. The van der Waals surface area contributed by atoms with E-state index in [0.717, 1.165) is 28.4 Å². The number of halogens is 3. The predicted molar refractivity (Wildman–Crippen MR) is 114 cm³/mol. The maximum Gasteiger partial charge on any atom is 0.416 e. The lowest BCUT2D eigenvalue weighted by atomic mass is 10.0. The van der Waals surface area contributed by atoms with Gasteiger partial charge in [0, 0.05) is 11.4 Å². The first-order valence-corrected chi connectivity index (χ1v) is 10.4. The molecule has 2 N–H and O–H groups in total. The molecule has 162 valence electrons. The van der Waals surface area contributed by atoms with E-state index in [1.165, 1.54) is 23.9 Å². The van der Waals surface area contributed by atoms with Crippen LogP contribution in [-0.4, -0.2) is 22.9 Å². The number of aromatic nitrogens is 1. The van der Waals surface area contributed by atoms with Crippen molar-refractivity contribution < 1.29 is 22.7 Å². The van der Waals surface area contributed by atoms with Gasteiger partial charge in [0.15, 0.2) is 0 Å². The van der Waals surface area contributed by atoms with E-state index in [2.05, 4.69) is 10.7 Å². The Morgan fingerprint density at radius 3 is 2.55 bits per heavy atom. The van der Waals surface area contributed by atoms with Crippen molar-refractivity contribution in [3.63, 3.8) is 0 Å². The Morgan fingerprint density at radius 2 is 1.87 bits per heavy atom. The summed E-state index contributed by atoms with van der Waals surface area (Å²) >= 11 is 1.36. The van der Waals surface area contributed by atoms with Gasteiger partial charge < -0.3 is 15.5 Å². The number of aryl methyl sites for hydroxylation is 1. The molecule has 4 rings (SSSR count). The van der Waals surface area contributed by atoms with Gasteiger partial charge in [-0.1, -0.05) is 30.0 Å². The molecule has 1 aromatic heterocycles. The number of hydrogen-bond donors (Lipinski definition) is 2. The van der Waals surface area contributed by atoms with Gasteiger partial charge in [0.2, 0.25) is 5.91 Å². The summed E-state index contributed by atoms with van der Waals surface area (Å²) in [5.74, 6) is 0.303. The minimum Gasteiger partial charge on any atom is -0.497 e. The van der Waals surface area contributed by atoms with Crippen molar-refractivity contribution in [1.82, 2.24) is 4.68 Å². The first-order valence-electron chi connectivity index (χ1n) is 9.50. The SMILES string of the molecule is COc1ccc([C@H]2Nn3c(C)ccc3S[C@H]2C(=O)Nc2cccc(C(F)(F)F)c2)cc1. The van der Waals surface area contributed by atoms with E-state index in [-0.39, 0.29) is 11.6 Å². The number of carbonyl (C=O) groups is 1. The lowest BCUT2D eigenvalue weighted by Gasteiger charge is -2.34. The van der Waals surface area contributed by atoms with Crippen LogP contribution < -0.4 is 15.5 Å². The van der Waals surface area contributed by atoms with Gasteiger partial charge >= 0.3 is 6.18 Å². The molecule has 0 bridgehead atoms. The molecule has 0 aliphatic carbocycles. The van der Waals surface area contributed by atoms with E-state index in [1.807, 2.05) is 48.0 Å². The Balaban J connectivity index is 1.64. The van der Waals surface area contributed by atoms with Crippen molar-refractivity contribution in [3.05, 3.63) is 77.5 Å². The summed E-state index contributed by atoms with van der Waals surface area (Å²) in [7, 11) is 1.57. The third kappa shape index (κ3) is 4.36. The van der Waals surface area contributed by atoms with Crippen LogP contribution in [0.2, 0.25) is 0 Å². The van der Waals surface area contributed by atoms with Crippen LogP contribution in [0.1, 0.15) is 22.9 Å². The second kappa shape index (κ2) is 8.22. The molecule has 3 aromatic rings. The van der Waals surface area contributed by atoms with Crippen molar-refractivity contribution in [1.29, 1.82) is 0 Å². The van der Waals surface area contributed by atoms with Crippen LogP contribution in [0.3, 0.4) is 0 Å². The number of ether oxygens (including phenoxy) is 1. The van der Waals surface area contributed by atoms with Crippen LogP contribution in [0.25, 0.3) is 0 Å². The molecule has 0 fully saturated rings. The molecule has 0 unspecified atom stereocenters. The quantitative estimate of drug-likeness (QED) is 0.576. The highest BCUT2D eigenvalue weighted by Gasteiger charge is 2.36. The second-order valence-electron chi connectivity index (χ2n) is 7.13. The number of hydrogen-bond acceptors (Lipinski definition) is 4. The molecule has 0 radical (unpaired) electrons. The summed E-state index contributed by atoms with van der Waals surface area (Å²) in [5, 5.41) is 2.90. The fourth-order valence-electron chi connectivity index (χ4n) is 3.43. The zero-order valence-corrected chi connectivity index (χ0v) is 17.6. The van der Waals surface area contributed by atoms with Crippen molar-refractivity contribution in [3.8, 4) is 5.75 Å². The summed E-state index contributed by atoms with van der Waals surface area (Å²) in [4.78, 5) is 13.2. The minimum absolute atomic E-state index is 0.103. The van der Waals surface area contributed by atoms with E-state index in [1.54, 1.807) is 7.11 Å². The predicted octanol–water partition coefficient (Wildman–Crippen LogP) is 5.22. The summed E-state index contributed by atoms with van der Waals surface area (Å²) in [5.41, 5.74) is 4.50. The lowest BCUT2D eigenvalue weighted by Crippen LogP contribution is -2.41. The third-order valence-corrected chi connectivity index (χ3v) is 6.35.